The summed E-state index contributed by atoms with van der Waals surface area (Å²) in [6.45, 7) is 9.92. The quantitative estimate of drug-likeness (QED) is 0.0362. The third-order valence-electron chi connectivity index (χ3n) is 7.49. The van der Waals surface area contributed by atoms with Crippen molar-refractivity contribution >= 4 is 57.8 Å². The van der Waals surface area contributed by atoms with Crippen LogP contribution in [0.1, 0.15) is 195 Å². The van der Waals surface area contributed by atoms with Gasteiger partial charge in [0.2, 0.25) is 0 Å². The molecule has 0 aromatic rings. The van der Waals surface area contributed by atoms with Gasteiger partial charge in [0.25, 0.3) is 0 Å². The normalized spacial score (nSPS) is 13.8. The maximum atomic E-state index is 12.0. The predicted octanol–water partition coefficient (Wildman–Crippen LogP) is 12.9. The smallest absolute Gasteiger partial charge is 0.793 e. The van der Waals surface area contributed by atoms with Crippen LogP contribution in [0, 0.1) is 0 Å². The summed E-state index contributed by atoms with van der Waals surface area (Å²) in [5.41, 5.74) is -5.62. The molecular weight excluding hydrogens is 728 g/mol. The standard InChI is InChI=1S/2C17H37O2PS2.Zn/c2*1-3-5-7-8-9-10-11-12-13-15-17-22-20(18,21)19-16-14-6-4-2;/h2*3-17H2,1-2H3,(H,18,21);/q;;+2/p-2. The Morgan fingerprint density at radius 3 is 0.889 bits per heavy atom. The van der Waals surface area contributed by atoms with E-state index in [0.29, 0.717) is 13.2 Å². The zero-order valence-corrected chi connectivity index (χ0v) is 38.1. The number of hydrogen-bond acceptors (Lipinski definition) is 8. The predicted molar refractivity (Wildman–Crippen MR) is 208 cm³/mol. The van der Waals surface area contributed by atoms with Gasteiger partial charge in [-0.05, 0) is 37.2 Å². The van der Waals surface area contributed by atoms with E-state index < -0.39 is 11.4 Å². The maximum Gasteiger partial charge on any atom is 2.00 e. The van der Waals surface area contributed by atoms with Gasteiger partial charge in [0.05, 0.1) is 13.2 Å². The minimum atomic E-state index is -2.81. The molecule has 0 saturated carbocycles. The molecular formula is C34H72O4P2S4Zn. The SMILES string of the molecule is CCCCCCCCCCCCSP([O-])(=S)OCCCCC.CCCCCCCCCCCCSP([O-])(=S)OCCCCC.[Zn+2]. The van der Waals surface area contributed by atoms with Crippen LogP contribution in [0.15, 0.2) is 0 Å². The molecule has 2 unspecified atom stereocenters. The fourth-order valence-electron chi connectivity index (χ4n) is 4.66. The summed E-state index contributed by atoms with van der Waals surface area (Å²) in [7, 11) is 0. The molecule has 0 bridgehead atoms. The molecule has 0 N–H and O–H groups in total. The molecule has 0 aromatic carbocycles. The Labute approximate surface area is 313 Å². The second kappa shape index (κ2) is 40.9. The summed E-state index contributed by atoms with van der Waals surface area (Å²) in [6, 6.07) is 0. The van der Waals surface area contributed by atoms with Crippen molar-refractivity contribution in [1.29, 1.82) is 0 Å². The third kappa shape index (κ3) is 46.5. The largest absolute Gasteiger partial charge is 2.00 e. The molecule has 0 heterocycles. The molecule has 0 aromatic heterocycles. The van der Waals surface area contributed by atoms with Gasteiger partial charge in [-0.25, -0.2) is 0 Å². The van der Waals surface area contributed by atoms with Gasteiger partial charge in [-0.15, -0.1) is 22.8 Å². The molecule has 0 amide bonds. The molecule has 0 rings (SSSR count). The van der Waals surface area contributed by atoms with E-state index in [1.165, 1.54) is 138 Å². The average molecular weight is 801 g/mol. The van der Waals surface area contributed by atoms with Crippen molar-refractivity contribution in [3.05, 3.63) is 0 Å². The first kappa shape index (κ1) is 51.8. The minimum absolute atomic E-state index is 0. The van der Waals surface area contributed by atoms with Crippen LogP contribution in [0.25, 0.3) is 0 Å². The number of unbranched alkanes of at least 4 members (excludes halogenated alkanes) is 22. The van der Waals surface area contributed by atoms with E-state index in [-0.39, 0.29) is 19.5 Å². The van der Waals surface area contributed by atoms with Gasteiger partial charge in [0.15, 0.2) is 0 Å². The summed E-state index contributed by atoms with van der Waals surface area (Å²) >= 11 is 12.8. The van der Waals surface area contributed by atoms with Gasteiger partial charge in [0.1, 0.15) is 0 Å². The molecule has 11 heteroatoms. The van der Waals surface area contributed by atoms with E-state index >= 15 is 0 Å². The number of hydrogen-bond donors (Lipinski definition) is 0. The molecule has 0 fully saturated rings. The molecule has 4 nitrogen and oxygen atoms in total. The molecule has 0 aliphatic rings. The van der Waals surface area contributed by atoms with Crippen LogP contribution in [0.3, 0.4) is 0 Å². The van der Waals surface area contributed by atoms with Gasteiger partial charge in [-0.1, -0.05) is 193 Å². The van der Waals surface area contributed by atoms with Crippen LogP contribution < -0.4 is 9.79 Å². The van der Waals surface area contributed by atoms with Crippen molar-refractivity contribution in [3.8, 4) is 0 Å². The van der Waals surface area contributed by atoms with Crippen LogP contribution in [-0.4, -0.2) is 24.7 Å². The van der Waals surface area contributed by atoms with E-state index in [4.69, 9.17) is 32.7 Å². The van der Waals surface area contributed by atoms with Crippen molar-refractivity contribution in [1.82, 2.24) is 0 Å². The van der Waals surface area contributed by atoms with E-state index in [9.17, 15) is 9.79 Å². The first-order valence-electron chi connectivity index (χ1n) is 18.4. The zero-order valence-electron chi connectivity index (χ0n) is 30.1. The van der Waals surface area contributed by atoms with Crippen molar-refractivity contribution < 1.29 is 38.3 Å². The van der Waals surface area contributed by atoms with Gasteiger partial charge in [-0.3, -0.25) is 0 Å². The maximum absolute atomic E-state index is 12.0. The van der Waals surface area contributed by atoms with E-state index in [1.54, 1.807) is 0 Å². The Morgan fingerprint density at radius 1 is 0.400 bits per heavy atom. The Hall–Kier alpha value is 2.46. The van der Waals surface area contributed by atoms with E-state index in [1.807, 2.05) is 0 Å². The molecule has 0 aliphatic heterocycles. The number of rotatable bonds is 34. The van der Waals surface area contributed by atoms with Crippen molar-refractivity contribution in [2.75, 3.05) is 24.7 Å². The molecule has 268 valence electrons. The van der Waals surface area contributed by atoms with Gasteiger partial charge in [0, 0.05) is 11.4 Å². The van der Waals surface area contributed by atoms with Gasteiger partial charge in [-0.2, -0.15) is 0 Å². The van der Waals surface area contributed by atoms with E-state index in [0.717, 1.165) is 62.9 Å². The topological polar surface area (TPSA) is 64.6 Å². The summed E-state index contributed by atoms with van der Waals surface area (Å²) in [5, 5.41) is 0. The fourth-order valence-corrected chi connectivity index (χ4v) is 11.4. The molecule has 0 spiro atoms. The molecule has 45 heavy (non-hydrogen) atoms. The van der Waals surface area contributed by atoms with Crippen molar-refractivity contribution in [2.45, 2.75) is 195 Å². The Bertz CT molecular complexity index is 612. The molecule has 0 radical (unpaired) electrons. The first-order chi connectivity index (χ1) is 21.2. The Morgan fingerprint density at radius 2 is 0.622 bits per heavy atom. The Balaban J connectivity index is -0.000000767. The summed E-state index contributed by atoms with van der Waals surface area (Å²) in [6.07, 6.45) is 33.0. The summed E-state index contributed by atoms with van der Waals surface area (Å²) in [5.74, 6) is 1.76. The van der Waals surface area contributed by atoms with Crippen LogP contribution in [0.2, 0.25) is 0 Å². The third-order valence-corrected chi connectivity index (χ3v) is 16.2. The molecule has 0 aliphatic carbocycles. The van der Waals surface area contributed by atoms with Gasteiger partial charge >= 0.3 is 19.5 Å². The van der Waals surface area contributed by atoms with Crippen LogP contribution >= 0.6 is 34.2 Å². The molecule has 0 saturated heterocycles. The van der Waals surface area contributed by atoms with E-state index in [2.05, 4.69) is 27.7 Å². The van der Waals surface area contributed by atoms with Crippen LogP contribution in [-0.2, 0) is 52.1 Å². The van der Waals surface area contributed by atoms with Crippen LogP contribution in [0.4, 0.5) is 0 Å². The second-order valence-electron chi connectivity index (χ2n) is 12.0. The summed E-state index contributed by atoms with van der Waals surface area (Å²) in [4.78, 5) is 24.0. The van der Waals surface area contributed by atoms with Crippen molar-refractivity contribution in [3.63, 3.8) is 0 Å². The minimum Gasteiger partial charge on any atom is -0.793 e. The van der Waals surface area contributed by atoms with Crippen molar-refractivity contribution in [2.24, 2.45) is 0 Å². The second-order valence-corrected chi connectivity index (χ2v) is 24.3. The fraction of sp³-hybridized carbons (Fsp3) is 1.00. The zero-order chi connectivity index (χ0) is 33.0. The first-order valence-corrected chi connectivity index (χ1v) is 26.9. The van der Waals surface area contributed by atoms with Gasteiger partial charge < -0.3 is 18.8 Å². The Kier molecular flexibility index (Phi) is 47.1. The van der Waals surface area contributed by atoms with Crippen LogP contribution in [0.5, 0.6) is 0 Å². The summed E-state index contributed by atoms with van der Waals surface area (Å²) < 4.78 is 10.7. The average Bonchev–Trinajstić information content (AvgIpc) is 2.99. The monoisotopic (exact) mass is 798 g/mol. The molecule has 2 atom stereocenters.